The maximum atomic E-state index is 10.9. The largest absolute Gasteiger partial charge is 0.511 e. The molecule has 0 unspecified atom stereocenters. The van der Waals surface area contributed by atoms with E-state index >= 15 is 0 Å². The van der Waals surface area contributed by atoms with Crippen molar-refractivity contribution in [3.8, 4) is 17.2 Å². The van der Waals surface area contributed by atoms with Gasteiger partial charge in [-0.15, -0.1) is 0 Å². The summed E-state index contributed by atoms with van der Waals surface area (Å²) in [4.78, 5) is 10.9. The number of rotatable bonds is 7. The van der Waals surface area contributed by atoms with E-state index < -0.39 is 6.16 Å². The smallest absolute Gasteiger partial charge is 0.504 e. The Morgan fingerprint density at radius 2 is 1.77 bits per heavy atom. The topological polar surface area (TPSA) is 76.0 Å². The van der Waals surface area contributed by atoms with Crippen molar-refractivity contribution >= 4 is 6.16 Å². The second kappa shape index (κ2) is 7.92. The van der Waals surface area contributed by atoms with Crippen molar-refractivity contribution in [1.29, 1.82) is 0 Å². The van der Waals surface area contributed by atoms with E-state index in [2.05, 4.69) is 0 Å². The Hall–Kier alpha value is -1.91. The summed E-state index contributed by atoms with van der Waals surface area (Å²) < 4.78 is 10.5. The molecule has 5 heteroatoms. The molecule has 0 aliphatic carbocycles. The van der Waals surface area contributed by atoms with Crippen LogP contribution in [0.3, 0.4) is 0 Å². The maximum absolute atomic E-state index is 10.9. The van der Waals surface area contributed by atoms with Gasteiger partial charge in [0.05, 0.1) is 6.61 Å². The van der Waals surface area contributed by atoms with Crippen LogP contribution in [-0.2, 0) is 12.8 Å². The van der Waals surface area contributed by atoms with E-state index in [0.717, 1.165) is 0 Å². The van der Waals surface area contributed by atoms with E-state index in [1.807, 2.05) is 34.6 Å². The summed E-state index contributed by atoms with van der Waals surface area (Å²) in [5.41, 5.74) is 1.24. The van der Waals surface area contributed by atoms with E-state index in [0.29, 0.717) is 48.2 Å². The number of hydrogen-bond donors (Lipinski definition) is 2. The first-order valence-corrected chi connectivity index (χ1v) is 7.67. The number of ether oxygens (including phenoxy) is 2. The Kier molecular flexibility index (Phi) is 6.53. The molecule has 0 heterocycles. The van der Waals surface area contributed by atoms with Gasteiger partial charge in [-0.25, -0.2) is 4.79 Å². The monoisotopic (exact) mass is 310 g/mol. The van der Waals surface area contributed by atoms with Crippen molar-refractivity contribution in [1.82, 2.24) is 0 Å². The van der Waals surface area contributed by atoms with Gasteiger partial charge in [-0.3, -0.25) is 0 Å². The molecule has 0 saturated carbocycles. The lowest BCUT2D eigenvalue weighted by molar-refractivity contribution is 0.142. The van der Waals surface area contributed by atoms with Crippen LogP contribution in [0.4, 0.5) is 4.79 Å². The summed E-state index contributed by atoms with van der Waals surface area (Å²) >= 11 is 0. The predicted molar refractivity (Wildman–Crippen MR) is 85.0 cm³/mol. The highest BCUT2D eigenvalue weighted by Gasteiger charge is 2.23. The summed E-state index contributed by atoms with van der Waals surface area (Å²) in [7, 11) is 0. The van der Waals surface area contributed by atoms with Gasteiger partial charge in [0.2, 0.25) is 0 Å². The molecule has 22 heavy (non-hydrogen) atoms. The molecule has 0 aliphatic heterocycles. The highest BCUT2D eigenvalue weighted by molar-refractivity contribution is 5.67. The van der Waals surface area contributed by atoms with Gasteiger partial charge in [0.25, 0.3) is 0 Å². The van der Waals surface area contributed by atoms with Crippen molar-refractivity contribution in [3.05, 3.63) is 17.2 Å². The molecule has 1 aromatic carbocycles. The van der Waals surface area contributed by atoms with Gasteiger partial charge in [-0.05, 0) is 37.7 Å². The number of hydrogen-bond acceptors (Lipinski definition) is 4. The molecule has 0 spiro atoms. The molecule has 1 rings (SSSR count). The Bertz CT molecular complexity index is 520. The standard InChI is InChI=1S/C17H26O5/c1-6-21-14-9-12(7-10(2)3)16(22-17(19)20)15(18)13(14)8-11(4)5/h9-11,18H,6-8H2,1-5H3,(H,19,20). The first-order chi connectivity index (χ1) is 10.3. The molecule has 0 saturated heterocycles. The van der Waals surface area contributed by atoms with Crippen LogP contribution < -0.4 is 9.47 Å². The molecule has 0 amide bonds. The number of aromatic hydroxyl groups is 1. The second-order valence-electron chi connectivity index (χ2n) is 6.19. The Labute approximate surface area is 131 Å². The molecule has 0 aromatic heterocycles. The fraction of sp³-hybridized carbons (Fsp3) is 0.588. The van der Waals surface area contributed by atoms with Gasteiger partial charge >= 0.3 is 6.16 Å². The van der Waals surface area contributed by atoms with Crippen LogP contribution in [-0.4, -0.2) is 23.0 Å². The number of benzene rings is 1. The van der Waals surface area contributed by atoms with Gasteiger partial charge in [-0.1, -0.05) is 27.7 Å². The fourth-order valence-electron chi connectivity index (χ4n) is 2.40. The predicted octanol–water partition coefficient (Wildman–Crippen LogP) is 4.24. The maximum Gasteiger partial charge on any atom is 0.511 e. The van der Waals surface area contributed by atoms with E-state index in [-0.39, 0.29) is 11.5 Å². The second-order valence-corrected chi connectivity index (χ2v) is 6.19. The van der Waals surface area contributed by atoms with E-state index in [4.69, 9.17) is 14.6 Å². The molecule has 0 atom stereocenters. The number of phenolic OH excluding ortho intramolecular Hbond substituents is 1. The van der Waals surface area contributed by atoms with Crippen LogP contribution in [0.1, 0.15) is 45.7 Å². The van der Waals surface area contributed by atoms with Crippen molar-refractivity contribution < 1.29 is 24.5 Å². The van der Waals surface area contributed by atoms with Crippen molar-refractivity contribution in [2.24, 2.45) is 11.8 Å². The lowest BCUT2D eigenvalue weighted by Crippen LogP contribution is -2.10. The van der Waals surface area contributed by atoms with Gasteiger partial charge in [-0.2, -0.15) is 0 Å². The summed E-state index contributed by atoms with van der Waals surface area (Å²) in [6, 6.07) is 1.79. The van der Waals surface area contributed by atoms with Crippen LogP contribution in [0.2, 0.25) is 0 Å². The molecule has 0 radical (unpaired) electrons. The van der Waals surface area contributed by atoms with Crippen LogP contribution in [0, 0.1) is 11.8 Å². The van der Waals surface area contributed by atoms with Gasteiger partial charge in [0, 0.05) is 11.1 Å². The average Bonchev–Trinajstić information content (AvgIpc) is 2.37. The minimum atomic E-state index is -1.43. The van der Waals surface area contributed by atoms with Crippen LogP contribution in [0.25, 0.3) is 0 Å². The average molecular weight is 310 g/mol. The highest BCUT2D eigenvalue weighted by Crippen LogP contribution is 2.42. The van der Waals surface area contributed by atoms with Gasteiger partial charge in [0.1, 0.15) is 5.75 Å². The van der Waals surface area contributed by atoms with Gasteiger partial charge in [0.15, 0.2) is 11.5 Å². The zero-order valence-corrected chi connectivity index (χ0v) is 14.0. The van der Waals surface area contributed by atoms with Crippen molar-refractivity contribution in [2.45, 2.75) is 47.5 Å². The zero-order chi connectivity index (χ0) is 16.9. The highest BCUT2D eigenvalue weighted by atomic mass is 16.7. The lowest BCUT2D eigenvalue weighted by atomic mass is 9.95. The number of carbonyl (C=O) groups is 1. The summed E-state index contributed by atoms with van der Waals surface area (Å²) in [6.07, 6.45) is -0.253. The number of carboxylic acid groups (broad SMARTS) is 1. The summed E-state index contributed by atoms with van der Waals surface area (Å²) in [5, 5.41) is 19.5. The Morgan fingerprint density at radius 3 is 2.23 bits per heavy atom. The zero-order valence-electron chi connectivity index (χ0n) is 14.0. The van der Waals surface area contributed by atoms with Crippen LogP contribution in [0.5, 0.6) is 17.2 Å². The van der Waals surface area contributed by atoms with E-state index in [1.165, 1.54) is 0 Å². The van der Waals surface area contributed by atoms with Crippen LogP contribution >= 0.6 is 0 Å². The molecule has 0 bridgehead atoms. The van der Waals surface area contributed by atoms with E-state index in [1.54, 1.807) is 6.07 Å². The third kappa shape index (κ3) is 4.83. The third-order valence-corrected chi connectivity index (χ3v) is 3.13. The first kappa shape index (κ1) is 18.1. The molecule has 0 aliphatic rings. The lowest BCUT2D eigenvalue weighted by Gasteiger charge is -2.19. The normalized spacial score (nSPS) is 11.0. The first-order valence-electron chi connectivity index (χ1n) is 7.67. The Morgan fingerprint density at radius 1 is 1.18 bits per heavy atom. The summed E-state index contributed by atoms with van der Waals surface area (Å²) in [6.45, 7) is 10.4. The van der Waals surface area contributed by atoms with Gasteiger partial charge < -0.3 is 19.7 Å². The SMILES string of the molecule is CCOc1cc(CC(C)C)c(OC(=O)O)c(O)c1CC(C)C. The molecule has 124 valence electrons. The fourth-order valence-corrected chi connectivity index (χ4v) is 2.40. The van der Waals surface area contributed by atoms with Crippen molar-refractivity contribution in [3.63, 3.8) is 0 Å². The minimum absolute atomic E-state index is 0.0281. The molecule has 1 aromatic rings. The minimum Gasteiger partial charge on any atom is -0.504 e. The van der Waals surface area contributed by atoms with Crippen LogP contribution in [0.15, 0.2) is 6.07 Å². The Balaban J connectivity index is 3.45. The summed E-state index contributed by atoms with van der Waals surface area (Å²) in [5.74, 6) is 1.08. The quantitative estimate of drug-likeness (QED) is 0.582. The molecular formula is C17H26O5. The molecule has 2 N–H and O–H groups in total. The number of phenols is 1. The van der Waals surface area contributed by atoms with E-state index in [9.17, 15) is 9.90 Å². The van der Waals surface area contributed by atoms with Crippen molar-refractivity contribution in [2.75, 3.05) is 6.61 Å². The molecule has 5 nitrogen and oxygen atoms in total. The molecular weight excluding hydrogens is 284 g/mol. The third-order valence-electron chi connectivity index (χ3n) is 3.13. The molecule has 0 fully saturated rings.